The second kappa shape index (κ2) is 6.95. The molecule has 0 unspecified atom stereocenters. The van der Waals surface area contributed by atoms with Crippen LogP contribution in [0, 0.1) is 4.77 Å². The van der Waals surface area contributed by atoms with Gasteiger partial charge in [-0.15, -0.1) is 0 Å². The highest BCUT2D eigenvalue weighted by atomic mass is 32.1. The molecule has 1 aliphatic rings. The van der Waals surface area contributed by atoms with Crippen molar-refractivity contribution in [3.63, 3.8) is 0 Å². The maximum absolute atomic E-state index is 5.57. The van der Waals surface area contributed by atoms with Crippen molar-refractivity contribution in [1.29, 1.82) is 0 Å². The van der Waals surface area contributed by atoms with Gasteiger partial charge in [-0.2, -0.15) is 5.10 Å². The molecule has 0 bridgehead atoms. The van der Waals surface area contributed by atoms with Crippen molar-refractivity contribution in [2.24, 2.45) is 0 Å². The Hall–Kier alpha value is -1.50. The monoisotopic (exact) mass is 331 g/mol. The zero-order chi connectivity index (χ0) is 16.4. The molecule has 6 heteroatoms. The van der Waals surface area contributed by atoms with Crippen LogP contribution in [0.1, 0.15) is 31.5 Å². The Kier molecular flexibility index (Phi) is 4.94. The third-order valence-electron chi connectivity index (χ3n) is 4.51. The largest absolute Gasteiger partial charge is 0.304 e. The number of hydrogen-bond acceptors (Lipinski definition) is 4. The lowest BCUT2D eigenvalue weighted by Gasteiger charge is -2.40. The average Bonchev–Trinajstić information content (AvgIpc) is 2.91. The van der Waals surface area contributed by atoms with Gasteiger partial charge in [-0.1, -0.05) is 30.3 Å². The molecular weight excluding hydrogens is 306 g/mol. The Morgan fingerprint density at radius 3 is 2.61 bits per heavy atom. The summed E-state index contributed by atoms with van der Waals surface area (Å²) in [6.07, 6.45) is 1.85. The first-order chi connectivity index (χ1) is 11.1. The maximum atomic E-state index is 5.57. The van der Waals surface area contributed by atoms with Gasteiger partial charge in [0.1, 0.15) is 6.33 Å². The van der Waals surface area contributed by atoms with Crippen LogP contribution in [0.5, 0.6) is 0 Å². The highest BCUT2D eigenvalue weighted by Crippen LogP contribution is 2.25. The van der Waals surface area contributed by atoms with Crippen LogP contribution in [0.4, 0.5) is 0 Å². The van der Waals surface area contributed by atoms with E-state index in [0.717, 1.165) is 31.1 Å². The molecule has 5 nitrogen and oxygen atoms in total. The summed E-state index contributed by atoms with van der Waals surface area (Å²) in [5.74, 6) is 0. The van der Waals surface area contributed by atoms with Gasteiger partial charge >= 0.3 is 0 Å². The lowest BCUT2D eigenvalue weighted by molar-refractivity contribution is 0.0582. The molecule has 2 aromatic rings. The molecule has 3 rings (SSSR count). The summed E-state index contributed by atoms with van der Waals surface area (Å²) in [6.45, 7) is 8.12. The molecule has 1 saturated heterocycles. The Morgan fingerprint density at radius 1 is 1.22 bits per heavy atom. The van der Waals surface area contributed by atoms with Gasteiger partial charge < -0.3 is 9.47 Å². The Morgan fingerprint density at radius 2 is 1.96 bits per heavy atom. The van der Waals surface area contributed by atoms with E-state index in [4.69, 9.17) is 12.2 Å². The number of hydrogen-bond donors (Lipinski definition) is 0. The molecule has 0 amide bonds. The lowest BCUT2D eigenvalue weighted by Crippen LogP contribution is -2.47. The number of likely N-dealkylation sites (N-methyl/N-ethyl adjacent to an activating group) is 1. The van der Waals surface area contributed by atoms with Gasteiger partial charge in [0.15, 0.2) is 4.77 Å². The second-order valence-electron chi connectivity index (χ2n) is 6.56. The van der Waals surface area contributed by atoms with Gasteiger partial charge in [-0.3, -0.25) is 4.90 Å². The molecule has 0 spiro atoms. The van der Waals surface area contributed by atoms with E-state index in [2.05, 4.69) is 66.1 Å². The van der Waals surface area contributed by atoms with Gasteiger partial charge in [-0.05, 0) is 38.7 Å². The molecule has 1 aliphatic heterocycles. The summed E-state index contributed by atoms with van der Waals surface area (Å²) in [4.78, 5) is 4.86. The predicted octanol–water partition coefficient (Wildman–Crippen LogP) is 2.94. The van der Waals surface area contributed by atoms with Gasteiger partial charge in [0.25, 0.3) is 0 Å². The molecule has 0 N–H and O–H groups in total. The minimum Gasteiger partial charge on any atom is -0.304 e. The van der Waals surface area contributed by atoms with E-state index < -0.39 is 0 Å². The van der Waals surface area contributed by atoms with Crippen LogP contribution in [-0.2, 0) is 6.67 Å². The molecule has 1 atom stereocenters. The molecule has 1 aromatic carbocycles. The fraction of sp³-hybridized carbons (Fsp3) is 0.529. The first kappa shape index (κ1) is 16.4. The van der Waals surface area contributed by atoms with Crippen molar-refractivity contribution in [2.75, 3.05) is 26.7 Å². The number of piperazine rings is 1. The van der Waals surface area contributed by atoms with E-state index in [9.17, 15) is 0 Å². The molecule has 23 heavy (non-hydrogen) atoms. The third kappa shape index (κ3) is 3.54. The Balaban J connectivity index is 1.84. The molecule has 1 aromatic heterocycles. The second-order valence-corrected chi connectivity index (χ2v) is 6.92. The van der Waals surface area contributed by atoms with Crippen LogP contribution in [0.15, 0.2) is 36.7 Å². The fourth-order valence-corrected chi connectivity index (χ4v) is 3.45. The smallest absolute Gasteiger partial charge is 0.199 e. The molecule has 0 aliphatic carbocycles. The minimum atomic E-state index is 0.341. The first-order valence-corrected chi connectivity index (χ1v) is 8.58. The van der Waals surface area contributed by atoms with E-state index in [1.807, 2.05) is 15.6 Å². The van der Waals surface area contributed by atoms with Crippen molar-refractivity contribution in [3.8, 4) is 0 Å². The van der Waals surface area contributed by atoms with E-state index in [1.165, 1.54) is 5.56 Å². The SMILES string of the molecule is CC(C)n1cnn(CN2CCN(C)C[C@H]2c2ccccc2)c1=S. The van der Waals surface area contributed by atoms with Crippen LogP contribution < -0.4 is 0 Å². The number of rotatable bonds is 4. The molecule has 2 heterocycles. The highest BCUT2D eigenvalue weighted by Gasteiger charge is 2.27. The molecular formula is C17H25N5S. The molecule has 0 radical (unpaired) electrons. The van der Waals surface area contributed by atoms with Crippen molar-refractivity contribution >= 4 is 12.2 Å². The Labute approximate surface area is 143 Å². The van der Waals surface area contributed by atoms with Crippen LogP contribution in [0.2, 0.25) is 0 Å². The first-order valence-electron chi connectivity index (χ1n) is 8.17. The third-order valence-corrected chi connectivity index (χ3v) is 4.93. The van der Waals surface area contributed by atoms with Crippen molar-refractivity contribution in [2.45, 2.75) is 32.6 Å². The van der Waals surface area contributed by atoms with Crippen molar-refractivity contribution < 1.29 is 0 Å². The molecule has 0 saturated carbocycles. The van der Waals surface area contributed by atoms with Crippen LogP contribution in [0.25, 0.3) is 0 Å². The summed E-state index contributed by atoms with van der Waals surface area (Å²) >= 11 is 5.57. The van der Waals surface area contributed by atoms with Crippen LogP contribution in [0.3, 0.4) is 0 Å². The molecule has 1 fully saturated rings. The zero-order valence-corrected chi connectivity index (χ0v) is 14.9. The van der Waals surface area contributed by atoms with E-state index in [0.29, 0.717) is 12.1 Å². The summed E-state index contributed by atoms with van der Waals surface area (Å²) in [7, 11) is 2.19. The summed E-state index contributed by atoms with van der Waals surface area (Å²) in [5.41, 5.74) is 1.36. The quantitative estimate of drug-likeness (QED) is 0.806. The van der Waals surface area contributed by atoms with Crippen LogP contribution in [-0.4, -0.2) is 50.8 Å². The average molecular weight is 331 g/mol. The minimum absolute atomic E-state index is 0.341. The zero-order valence-electron chi connectivity index (χ0n) is 14.1. The number of aromatic nitrogens is 3. The van der Waals surface area contributed by atoms with Crippen molar-refractivity contribution in [1.82, 2.24) is 24.1 Å². The maximum Gasteiger partial charge on any atom is 0.199 e. The van der Waals surface area contributed by atoms with E-state index >= 15 is 0 Å². The predicted molar refractivity (Wildman–Crippen MR) is 94.8 cm³/mol. The topological polar surface area (TPSA) is 29.2 Å². The van der Waals surface area contributed by atoms with Gasteiger partial charge in [0.2, 0.25) is 0 Å². The normalized spacial score (nSPS) is 20.3. The number of benzene rings is 1. The standard InChI is InChI=1S/C17H25N5S/c1-14(2)21-12-18-22(17(21)23)13-20-10-9-19(3)11-16(20)15-7-5-4-6-8-15/h4-8,12,14,16H,9-11,13H2,1-3H3/t16-/m0/s1. The van der Waals surface area contributed by atoms with E-state index in [-0.39, 0.29) is 0 Å². The summed E-state index contributed by atoms with van der Waals surface area (Å²) in [5, 5.41) is 4.50. The summed E-state index contributed by atoms with van der Waals surface area (Å²) < 4.78 is 4.78. The molecule has 124 valence electrons. The summed E-state index contributed by atoms with van der Waals surface area (Å²) in [6, 6.07) is 11.4. The lowest BCUT2D eigenvalue weighted by atomic mass is 10.0. The van der Waals surface area contributed by atoms with E-state index in [1.54, 1.807) is 0 Å². The Bertz CT molecular complexity index is 691. The van der Waals surface area contributed by atoms with Crippen LogP contribution >= 0.6 is 12.2 Å². The van der Waals surface area contributed by atoms with Gasteiger partial charge in [-0.25, -0.2) is 4.68 Å². The van der Waals surface area contributed by atoms with Crippen molar-refractivity contribution in [3.05, 3.63) is 47.0 Å². The highest BCUT2D eigenvalue weighted by molar-refractivity contribution is 7.71. The fourth-order valence-electron chi connectivity index (χ4n) is 3.09. The van der Waals surface area contributed by atoms with Gasteiger partial charge in [0, 0.05) is 31.7 Å². The number of nitrogens with zero attached hydrogens (tertiary/aromatic N) is 5. The van der Waals surface area contributed by atoms with Gasteiger partial charge in [0.05, 0.1) is 6.67 Å².